The van der Waals surface area contributed by atoms with Crippen LogP contribution in [0.2, 0.25) is 0 Å². The molecule has 0 aliphatic carbocycles. The molecule has 5 nitrogen and oxygen atoms in total. The average molecular weight is 420 g/mol. The first-order chi connectivity index (χ1) is 13.5. The van der Waals surface area contributed by atoms with Gasteiger partial charge in [-0.3, -0.25) is 9.59 Å². The van der Waals surface area contributed by atoms with Crippen molar-refractivity contribution in [3.05, 3.63) is 59.9 Å². The normalized spacial score (nSPS) is 17.0. The monoisotopic (exact) mass is 419 g/mol. The maximum atomic E-state index is 13.3. The molecule has 0 saturated carbocycles. The maximum absolute atomic E-state index is 13.3. The lowest BCUT2D eigenvalue weighted by atomic mass is 9.85. The molecule has 2 unspecified atom stereocenters. The Morgan fingerprint density at radius 3 is 2.55 bits per heavy atom. The second kappa shape index (κ2) is 10.9. The fourth-order valence-electron chi connectivity index (χ4n) is 3.54. The largest absolute Gasteiger partial charge is 0.326 e. The smallest absolute Gasteiger partial charge is 0.255 e. The van der Waals surface area contributed by atoms with Gasteiger partial charge >= 0.3 is 0 Å². The number of amides is 2. The van der Waals surface area contributed by atoms with Crippen LogP contribution < -0.4 is 16.0 Å². The molecule has 3 rings (SSSR count). The molecule has 7 heteroatoms. The van der Waals surface area contributed by atoms with Crippen molar-refractivity contribution in [2.75, 3.05) is 23.7 Å². The number of hydrogen-bond donors (Lipinski definition) is 3. The van der Waals surface area contributed by atoms with Gasteiger partial charge in [-0.05, 0) is 74.2 Å². The number of hydrogen-bond acceptors (Lipinski definition) is 3. The third-order valence-electron chi connectivity index (χ3n) is 5.14. The third-order valence-corrected chi connectivity index (χ3v) is 5.14. The highest BCUT2D eigenvalue weighted by atomic mass is 35.5. The van der Waals surface area contributed by atoms with E-state index in [1.165, 1.54) is 18.2 Å². The summed E-state index contributed by atoms with van der Waals surface area (Å²) in [5.41, 5.74) is 1.35. The molecule has 1 fully saturated rings. The fraction of sp³-hybridized carbons (Fsp3) is 0.364. The Balaban J connectivity index is 0.00000300. The summed E-state index contributed by atoms with van der Waals surface area (Å²) in [4.78, 5) is 24.8. The first-order valence-electron chi connectivity index (χ1n) is 9.69. The standard InChI is InChI=1S/C22H26FN3O2.ClH/c1-15(17-6-4-10-24-14-17)11-21(27)25-19-8-2-5-16(12-19)22(28)26-20-9-3-7-18(23)13-20;/h2-3,5,7-9,12-13,15,17,24H,4,6,10-11,14H2,1H3,(H,25,27)(H,26,28);1H. The van der Waals surface area contributed by atoms with Gasteiger partial charge in [0.15, 0.2) is 0 Å². The van der Waals surface area contributed by atoms with Crippen LogP contribution in [-0.2, 0) is 4.79 Å². The molecule has 0 spiro atoms. The number of benzene rings is 2. The molecule has 1 aliphatic rings. The van der Waals surface area contributed by atoms with Crippen molar-refractivity contribution in [2.45, 2.75) is 26.2 Å². The minimum absolute atomic E-state index is 0. The number of piperidine rings is 1. The summed E-state index contributed by atoms with van der Waals surface area (Å²) in [5, 5.41) is 8.92. The lowest BCUT2D eigenvalue weighted by molar-refractivity contribution is -0.117. The van der Waals surface area contributed by atoms with E-state index in [9.17, 15) is 14.0 Å². The van der Waals surface area contributed by atoms with E-state index in [0.29, 0.717) is 35.2 Å². The number of anilines is 2. The van der Waals surface area contributed by atoms with Crippen LogP contribution in [0.3, 0.4) is 0 Å². The van der Waals surface area contributed by atoms with E-state index >= 15 is 0 Å². The topological polar surface area (TPSA) is 70.2 Å². The van der Waals surface area contributed by atoms with Gasteiger partial charge in [-0.15, -0.1) is 12.4 Å². The van der Waals surface area contributed by atoms with Gasteiger partial charge in [0.1, 0.15) is 5.82 Å². The van der Waals surface area contributed by atoms with Crippen LogP contribution in [0.1, 0.15) is 36.5 Å². The van der Waals surface area contributed by atoms with E-state index in [1.807, 2.05) is 0 Å². The van der Waals surface area contributed by atoms with E-state index in [1.54, 1.807) is 30.3 Å². The van der Waals surface area contributed by atoms with Gasteiger partial charge < -0.3 is 16.0 Å². The third kappa shape index (κ3) is 6.84. The summed E-state index contributed by atoms with van der Waals surface area (Å²) in [7, 11) is 0. The second-order valence-electron chi connectivity index (χ2n) is 7.38. The molecule has 0 bridgehead atoms. The van der Waals surface area contributed by atoms with E-state index < -0.39 is 5.82 Å². The summed E-state index contributed by atoms with van der Waals surface area (Å²) in [6, 6.07) is 12.5. The molecule has 1 heterocycles. The zero-order chi connectivity index (χ0) is 19.9. The molecule has 1 aliphatic heterocycles. The predicted octanol–water partition coefficient (Wildman–Crippen LogP) is 4.46. The first kappa shape index (κ1) is 22.8. The van der Waals surface area contributed by atoms with Crippen molar-refractivity contribution in [3.63, 3.8) is 0 Å². The Bertz CT molecular complexity index is 840. The summed E-state index contributed by atoms with van der Waals surface area (Å²) in [6.07, 6.45) is 2.75. The van der Waals surface area contributed by atoms with Crippen molar-refractivity contribution in [1.29, 1.82) is 0 Å². The molecule has 2 atom stereocenters. The first-order valence-corrected chi connectivity index (χ1v) is 9.69. The van der Waals surface area contributed by atoms with Gasteiger partial charge in [-0.2, -0.15) is 0 Å². The van der Waals surface area contributed by atoms with Gasteiger partial charge in [0.25, 0.3) is 5.91 Å². The summed E-state index contributed by atoms with van der Waals surface area (Å²) < 4.78 is 13.3. The van der Waals surface area contributed by atoms with Gasteiger partial charge in [0.2, 0.25) is 5.91 Å². The number of nitrogens with one attached hydrogen (secondary N) is 3. The molecule has 2 aromatic rings. The minimum atomic E-state index is -0.416. The number of rotatable bonds is 6. The highest BCUT2D eigenvalue weighted by molar-refractivity contribution is 6.05. The molecule has 0 radical (unpaired) electrons. The predicted molar refractivity (Wildman–Crippen MR) is 116 cm³/mol. The van der Waals surface area contributed by atoms with E-state index in [-0.39, 0.29) is 24.2 Å². The lowest BCUT2D eigenvalue weighted by Crippen LogP contribution is -2.34. The van der Waals surface area contributed by atoms with E-state index in [2.05, 4.69) is 22.9 Å². The van der Waals surface area contributed by atoms with E-state index in [0.717, 1.165) is 25.9 Å². The summed E-state index contributed by atoms with van der Waals surface area (Å²) in [6.45, 7) is 4.13. The Morgan fingerprint density at radius 1 is 1.14 bits per heavy atom. The van der Waals surface area contributed by atoms with Crippen molar-refractivity contribution < 1.29 is 14.0 Å². The van der Waals surface area contributed by atoms with Crippen molar-refractivity contribution in [1.82, 2.24) is 5.32 Å². The van der Waals surface area contributed by atoms with Crippen LogP contribution >= 0.6 is 12.4 Å². The zero-order valence-electron chi connectivity index (χ0n) is 16.4. The number of carbonyl (C=O) groups excluding carboxylic acids is 2. The summed E-state index contributed by atoms with van der Waals surface area (Å²) >= 11 is 0. The Morgan fingerprint density at radius 2 is 1.86 bits per heavy atom. The fourth-order valence-corrected chi connectivity index (χ4v) is 3.54. The van der Waals surface area contributed by atoms with Crippen LogP contribution in [0.25, 0.3) is 0 Å². The zero-order valence-corrected chi connectivity index (χ0v) is 17.2. The molecular weight excluding hydrogens is 393 g/mol. The SMILES string of the molecule is CC(CC(=O)Nc1cccc(C(=O)Nc2cccc(F)c2)c1)C1CCCNC1.Cl. The second-order valence-corrected chi connectivity index (χ2v) is 7.38. The molecule has 29 heavy (non-hydrogen) atoms. The van der Waals surface area contributed by atoms with Gasteiger partial charge in [-0.25, -0.2) is 4.39 Å². The summed E-state index contributed by atoms with van der Waals surface area (Å²) in [5.74, 6) is -0.0136. The quantitative estimate of drug-likeness (QED) is 0.647. The van der Waals surface area contributed by atoms with Gasteiger partial charge in [0, 0.05) is 23.4 Å². The Hall–Kier alpha value is -2.44. The van der Waals surface area contributed by atoms with Crippen LogP contribution in [-0.4, -0.2) is 24.9 Å². The van der Waals surface area contributed by atoms with Crippen LogP contribution in [0, 0.1) is 17.7 Å². The average Bonchev–Trinajstić information content (AvgIpc) is 2.68. The Kier molecular flexibility index (Phi) is 8.61. The molecule has 2 aromatic carbocycles. The van der Waals surface area contributed by atoms with Crippen LogP contribution in [0.15, 0.2) is 48.5 Å². The lowest BCUT2D eigenvalue weighted by Gasteiger charge is -2.28. The molecule has 0 aromatic heterocycles. The molecule has 1 saturated heterocycles. The molecule has 3 N–H and O–H groups in total. The van der Waals surface area contributed by atoms with Crippen molar-refractivity contribution >= 4 is 35.6 Å². The van der Waals surface area contributed by atoms with Crippen LogP contribution in [0.5, 0.6) is 0 Å². The van der Waals surface area contributed by atoms with E-state index in [4.69, 9.17) is 0 Å². The highest BCUT2D eigenvalue weighted by Gasteiger charge is 2.22. The van der Waals surface area contributed by atoms with Crippen molar-refractivity contribution in [3.8, 4) is 0 Å². The van der Waals surface area contributed by atoms with Crippen LogP contribution in [0.4, 0.5) is 15.8 Å². The highest BCUT2D eigenvalue weighted by Crippen LogP contribution is 2.23. The maximum Gasteiger partial charge on any atom is 0.255 e. The van der Waals surface area contributed by atoms with Gasteiger partial charge in [-0.1, -0.05) is 19.1 Å². The molecule has 2 amide bonds. The molecule has 156 valence electrons. The Labute approximate surface area is 176 Å². The number of carbonyl (C=O) groups is 2. The van der Waals surface area contributed by atoms with Gasteiger partial charge in [0.05, 0.1) is 0 Å². The minimum Gasteiger partial charge on any atom is -0.326 e. The number of halogens is 2. The molecular formula is C22H27ClFN3O2. The van der Waals surface area contributed by atoms with Crippen molar-refractivity contribution in [2.24, 2.45) is 11.8 Å².